The monoisotopic (exact) mass is 241 g/mol. The highest BCUT2D eigenvalue weighted by molar-refractivity contribution is 6.11. The van der Waals surface area contributed by atoms with Gasteiger partial charge in [0.05, 0.1) is 11.0 Å². The zero-order chi connectivity index (χ0) is 12.9. The van der Waals surface area contributed by atoms with Crippen LogP contribution >= 0.6 is 0 Å². The van der Waals surface area contributed by atoms with Crippen LogP contribution in [-0.2, 0) is 0 Å². The molecule has 18 heavy (non-hydrogen) atoms. The van der Waals surface area contributed by atoms with Gasteiger partial charge in [-0.15, -0.1) is 0 Å². The van der Waals surface area contributed by atoms with Gasteiger partial charge in [-0.2, -0.15) is 0 Å². The largest absolute Gasteiger partial charge is 0.508 e. The van der Waals surface area contributed by atoms with Gasteiger partial charge >= 0.3 is 0 Å². The number of rotatable bonds is 1. The third-order valence-electron chi connectivity index (χ3n) is 3.37. The molecule has 3 nitrogen and oxygen atoms in total. The van der Waals surface area contributed by atoms with Gasteiger partial charge in [0, 0.05) is 16.8 Å². The highest BCUT2D eigenvalue weighted by Gasteiger charge is 2.14. The van der Waals surface area contributed by atoms with Gasteiger partial charge < -0.3 is 15.2 Å². The number of fused-ring (bicyclic) bond motifs is 3. The smallest absolute Gasteiger partial charge is 0.125 e. The number of aromatic hydroxyl groups is 2. The highest BCUT2D eigenvalue weighted by atomic mass is 16.3. The molecule has 3 aromatic rings. The van der Waals surface area contributed by atoms with Gasteiger partial charge in [0.25, 0.3) is 0 Å². The lowest BCUT2D eigenvalue weighted by atomic mass is 9.99. The Morgan fingerprint density at radius 1 is 1.06 bits per heavy atom. The van der Waals surface area contributed by atoms with E-state index >= 15 is 0 Å². The standard InChI is InChI=1S/C15H15NO2/c1-8(2)10-5-6-13(18)14-11-4-3-9(17)7-12(11)16-15(10)14/h3-8,16-18H,1-2H3. The van der Waals surface area contributed by atoms with Crippen LogP contribution in [0.2, 0.25) is 0 Å². The summed E-state index contributed by atoms with van der Waals surface area (Å²) in [7, 11) is 0. The van der Waals surface area contributed by atoms with Crippen LogP contribution < -0.4 is 0 Å². The number of phenols is 2. The summed E-state index contributed by atoms with van der Waals surface area (Å²) in [6.45, 7) is 4.24. The second-order valence-electron chi connectivity index (χ2n) is 4.93. The number of nitrogens with one attached hydrogen (secondary N) is 1. The molecule has 0 saturated carbocycles. The van der Waals surface area contributed by atoms with Crippen molar-refractivity contribution in [1.29, 1.82) is 0 Å². The fourth-order valence-electron chi connectivity index (χ4n) is 2.48. The maximum Gasteiger partial charge on any atom is 0.125 e. The van der Waals surface area contributed by atoms with Crippen LogP contribution in [0.15, 0.2) is 30.3 Å². The molecule has 0 amide bonds. The maximum absolute atomic E-state index is 10.1. The van der Waals surface area contributed by atoms with E-state index in [9.17, 15) is 10.2 Å². The molecule has 0 radical (unpaired) electrons. The molecule has 3 N–H and O–H groups in total. The molecule has 0 atom stereocenters. The van der Waals surface area contributed by atoms with Crippen molar-refractivity contribution in [2.75, 3.05) is 0 Å². The Morgan fingerprint density at radius 2 is 1.83 bits per heavy atom. The van der Waals surface area contributed by atoms with Gasteiger partial charge in [-0.1, -0.05) is 19.9 Å². The van der Waals surface area contributed by atoms with Crippen LogP contribution in [-0.4, -0.2) is 15.2 Å². The van der Waals surface area contributed by atoms with Gasteiger partial charge in [0.2, 0.25) is 0 Å². The SMILES string of the molecule is CC(C)c1ccc(O)c2c1[nH]c1cc(O)ccc12. The number of aromatic nitrogens is 1. The number of phenolic OH excluding ortho intramolecular Hbond substituents is 2. The lowest BCUT2D eigenvalue weighted by Crippen LogP contribution is -1.88. The molecular formula is C15H15NO2. The van der Waals surface area contributed by atoms with Crippen LogP contribution in [0.1, 0.15) is 25.3 Å². The van der Waals surface area contributed by atoms with Crippen LogP contribution in [0.3, 0.4) is 0 Å². The minimum atomic E-state index is 0.222. The van der Waals surface area contributed by atoms with E-state index < -0.39 is 0 Å². The van der Waals surface area contributed by atoms with Crippen molar-refractivity contribution in [1.82, 2.24) is 4.98 Å². The number of hydrogen-bond donors (Lipinski definition) is 3. The van der Waals surface area contributed by atoms with E-state index in [1.807, 2.05) is 12.1 Å². The van der Waals surface area contributed by atoms with Gasteiger partial charge in [-0.05, 0) is 29.7 Å². The third-order valence-corrected chi connectivity index (χ3v) is 3.37. The molecule has 0 fully saturated rings. The quantitative estimate of drug-likeness (QED) is 0.606. The predicted octanol–water partition coefficient (Wildman–Crippen LogP) is 3.86. The summed E-state index contributed by atoms with van der Waals surface area (Å²) >= 11 is 0. The Labute approximate surface area is 105 Å². The van der Waals surface area contributed by atoms with E-state index in [0.717, 1.165) is 21.8 Å². The average Bonchev–Trinajstić information content (AvgIpc) is 2.67. The first kappa shape index (κ1) is 11.0. The first-order valence-electron chi connectivity index (χ1n) is 6.04. The summed E-state index contributed by atoms with van der Waals surface area (Å²) in [5, 5.41) is 21.3. The summed E-state index contributed by atoms with van der Waals surface area (Å²) < 4.78 is 0. The molecule has 3 heteroatoms. The van der Waals surface area contributed by atoms with E-state index in [1.165, 1.54) is 5.56 Å². The van der Waals surface area contributed by atoms with E-state index in [-0.39, 0.29) is 11.5 Å². The minimum absolute atomic E-state index is 0.222. The van der Waals surface area contributed by atoms with Gasteiger partial charge in [0.15, 0.2) is 0 Å². The second kappa shape index (κ2) is 3.67. The minimum Gasteiger partial charge on any atom is -0.508 e. The molecule has 0 bridgehead atoms. The molecule has 0 aliphatic rings. The van der Waals surface area contributed by atoms with Crippen molar-refractivity contribution in [3.63, 3.8) is 0 Å². The van der Waals surface area contributed by atoms with Crippen LogP contribution in [0.4, 0.5) is 0 Å². The lowest BCUT2D eigenvalue weighted by molar-refractivity contribution is 0.476. The molecule has 1 heterocycles. The van der Waals surface area contributed by atoms with Crippen molar-refractivity contribution < 1.29 is 10.2 Å². The highest BCUT2D eigenvalue weighted by Crippen LogP contribution is 2.37. The van der Waals surface area contributed by atoms with Crippen molar-refractivity contribution in [2.45, 2.75) is 19.8 Å². The Balaban J connectivity index is 2.51. The molecule has 0 saturated heterocycles. The normalized spacial score (nSPS) is 11.7. The topological polar surface area (TPSA) is 56.2 Å². The van der Waals surface area contributed by atoms with Crippen LogP contribution in [0.25, 0.3) is 21.8 Å². The average molecular weight is 241 g/mol. The van der Waals surface area contributed by atoms with E-state index in [2.05, 4.69) is 18.8 Å². The fourth-order valence-corrected chi connectivity index (χ4v) is 2.48. The Bertz CT molecular complexity index is 741. The zero-order valence-corrected chi connectivity index (χ0v) is 10.4. The van der Waals surface area contributed by atoms with Crippen molar-refractivity contribution in [2.24, 2.45) is 0 Å². The summed E-state index contributed by atoms with van der Waals surface area (Å²) in [6.07, 6.45) is 0. The Kier molecular flexibility index (Phi) is 2.23. The van der Waals surface area contributed by atoms with Crippen molar-refractivity contribution >= 4 is 21.8 Å². The molecule has 0 unspecified atom stereocenters. The molecule has 0 spiro atoms. The summed E-state index contributed by atoms with van der Waals surface area (Å²) in [5.74, 6) is 0.862. The fraction of sp³-hybridized carbons (Fsp3) is 0.200. The molecular weight excluding hydrogens is 226 g/mol. The van der Waals surface area contributed by atoms with Gasteiger partial charge in [-0.25, -0.2) is 0 Å². The number of benzene rings is 2. The maximum atomic E-state index is 10.1. The zero-order valence-electron chi connectivity index (χ0n) is 10.4. The molecule has 0 aliphatic carbocycles. The molecule has 2 aromatic carbocycles. The number of H-pyrrole nitrogens is 1. The van der Waals surface area contributed by atoms with Crippen molar-refractivity contribution in [3.05, 3.63) is 35.9 Å². The van der Waals surface area contributed by atoms with Crippen molar-refractivity contribution in [3.8, 4) is 11.5 Å². The first-order chi connectivity index (χ1) is 8.58. The Hall–Kier alpha value is -2.16. The summed E-state index contributed by atoms with van der Waals surface area (Å²) in [4.78, 5) is 3.29. The molecule has 1 aromatic heterocycles. The number of hydrogen-bond acceptors (Lipinski definition) is 2. The van der Waals surface area contributed by atoms with Gasteiger partial charge in [0.1, 0.15) is 11.5 Å². The van der Waals surface area contributed by atoms with E-state index in [1.54, 1.807) is 18.2 Å². The lowest BCUT2D eigenvalue weighted by Gasteiger charge is -2.07. The molecule has 3 rings (SSSR count). The van der Waals surface area contributed by atoms with E-state index in [0.29, 0.717) is 5.92 Å². The van der Waals surface area contributed by atoms with E-state index in [4.69, 9.17) is 0 Å². The predicted molar refractivity (Wildman–Crippen MR) is 73.2 cm³/mol. The second-order valence-corrected chi connectivity index (χ2v) is 4.93. The Morgan fingerprint density at radius 3 is 2.56 bits per heavy atom. The number of aromatic amines is 1. The molecule has 92 valence electrons. The van der Waals surface area contributed by atoms with Gasteiger partial charge in [-0.3, -0.25) is 0 Å². The third kappa shape index (κ3) is 1.44. The van der Waals surface area contributed by atoms with Crippen LogP contribution in [0.5, 0.6) is 11.5 Å². The van der Waals surface area contributed by atoms with Crippen LogP contribution in [0, 0.1) is 0 Å². The summed E-state index contributed by atoms with van der Waals surface area (Å²) in [6, 6.07) is 8.82. The molecule has 0 aliphatic heterocycles. The summed E-state index contributed by atoms with van der Waals surface area (Å²) in [5.41, 5.74) is 2.96. The first-order valence-corrected chi connectivity index (χ1v) is 6.04.